The van der Waals surface area contributed by atoms with Gasteiger partial charge in [0.05, 0.1) is 6.07 Å². The molecule has 0 radical (unpaired) electrons. The van der Waals surface area contributed by atoms with E-state index < -0.39 is 17.0 Å². The van der Waals surface area contributed by atoms with Gasteiger partial charge in [-0.05, 0) is 52.0 Å². The van der Waals surface area contributed by atoms with Crippen LogP contribution >= 0.6 is 0 Å². The summed E-state index contributed by atoms with van der Waals surface area (Å²) in [6.07, 6.45) is 8.82. The molecule has 0 fully saturated rings. The molecule has 0 N–H and O–H groups in total. The Hall–Kier alpha value is -2.08. The highest BCUT2D eigenvalue weighted by molar-refractivity contribution is 5.82. The number of ether oxygens (including phenoxy) is 1. The Morgan fingerprint density at radius 1 is 1.20 bits per heavy atom. The minimum Gasteiger partial charge on any atom is -0.459 e. The predicted molar refractivity (Wildman–Crippen MR) is 102 cm³/mol. The zero-order valence-electron chi connectivity index (χ0n) is 16.0. The normalized spacial score (nSPS) is 14.0. The van der Waals surface area contributed by atoms with Crippen molar-refractivity contribution in [1.82, 2.24) is 0 Å². The Morgan fingerprint density at radius 2 is 1.88 bits per heavy atom. The van der Waals surface area contributed by atoms with Gasteiger partial charge < -0.3 is 4.74 Å². The van der Waals surface area contributed by atoms with Crippen LogP contribution in [0.25, 0.3) is 0 Å². The Balaban J connectivity index is 2.71. The van der Waals surface area contributed by atoms with Gasteiger partial charge >= 0.3 is 5.97 Å². The standard InChI is InChI=1S/C22H31NO2/c1-5-6-16-22(18-23,20(24)25-21(2,3)4)17-12-8-11-15-19-13-9-7-10-14-19/h7,9-10,12-14,17H,5-6,8,11,15-16H2,1-4H3/b17-12+/t22-/m0/s1. The second-order valence-corrected chi connectivity index (χ2v) is 7.47. The first-order chi connectivity index (χ1) is 11.8. The zero-order chi connectivity index (χ0) is 18.8. The predicted octanol–water partition coefficient (Wildman–Crippen LogP) is 5.61. The lowest BCUT2D eigenvalue weighted by molar-refractivity contribution is -0.162. The fourth-order valence-corrected chi connectivity index (χ4v) is 2.57. The smallest absolute Gasteiger partial charge is 0.330 e. The summed E-state index contributed by atoms with van der Waals surface area (Å²) in [4.78, 5) is 12.6. The second-order valence-electron chi connectivity index (χ2n) is 7.47. The quantitative estimate of drug-likeness (QED) is 0.333. The molecule has 0 bridgehead atoms. The van der Waals surface area contributed by atoms with Gasteiger partial charge in [-0.2, -0.15) is 5.26 Å². The molecule has 0 amide bonds. The van der Waals surface area contributed by atoms with Gasteiger partial charge in [-0.25, -0.2) is 4.79 Å². The number of nitriles is 1. The van der Waals surface area contributed by atoms with Crippen LogP contribution in [0, 0.1) is 16.7 Å². The molecule has 0 saturated heterocycles. The van der Waals surface area contributed by atoms with Crippen LogP contribution in [0.2, 0.25) is 0 Å². The van der Waals surface area contributed by atoms with Crippen molar-refractivity contribution in [3.05, 3.63) is 48.0 Å². The first kappa shape index (κ1) is 21.0. The summed E-state index contributed by atoms with van der Waals surface area (Å²) in [7, 11) is 0. The van der Waals surface area contributed by atoms with Crippen molar-refractivity contribution in [2.24, 2.45) is 5.41 Å². The molecule has 1 aromatic carbocycles. The fourth-order valence-electron chi connectivity index (χ4n) is 2.57. The van der Waals surface area contributed by atoms with E-state index in [4.69, 9.17) is 4.74 Å². The number of aryl methyl sites for hydroxylation is 1. The highest BCUT2D eigenvalue weighted by Crippen LogP contribution is 2.30. The van der Waals surface area contributed by atoms with Gasteiger partial charge in [0, 0.05) is 0 Å². The third kappa shape index (κ3) is 7.56. The van der Waals surface area contributed by atoms with Gasteiger partial charge in [0.2, 0.25) is 0 Å². The van der Waals surface area contributed by atoms with E-state index in [1.54, 1.807) is 6.08 Å². The maximum absolute atomic E-state index is 12.6. The molecule has 0 unspecified atom stereocenters. The molecule has 0 saturated carbocycles. The summed E-state index contributed by atoms with van der Waals surface area (Å²) in [6, 6.07) is 12.5. The molecular formula is C22H31NO2. The van der Waals surface area contributed by atoms with Crippen LogP contribution < -0.4 is 0 Å². The van der Waals surface area contributed by atoms with Crippen LogP contribution in [0.1, 0.15) is 65.4 Å². The Kier molecular flexibility index (Phi) is 8.41. The van der Waals surface area contributed by atoms with Crippen LogP contribution in [0.3, 0.4) is 0 Å². The van der Waals surface area contributed by atoms with Gasteiger partial charge in [-0.1, -0.05) is 62.2 Å². The van der Waals surface area contributed by atoms with E-state index >= 15 is 0 Å². The number of allylic oxidation sites excluding steroid dienone is 1. The van der Waals surface area contributed by atoms with Crippen molar-refractivity contribution in [3.63, 3.8) is 0 Å². The van der Waals surface area contributed by atoms with Crippen molar-refractivity contribution in [3.8, 4) is 6.07 Å². The van der Waals surface area contributed by atoms with Crippen LogP contribution in [0.4, 0.5) is 0 Å². The summed E-state index contributed by atoms with van der Waals surface area (Å²) < 4.78 is 5.50. The number of benzene rings is 1. The molecule has 0 aliphatic heterocycles. The summed E-state index contributed by atoms with van der Waals surface area (Å²) >= 11 is 0. The number of hydrogen-bond acceptors (Lipinski definition) is 3. The van der Waals surface area contributed by atoms with E-state index in [9.17, 15) is 10.1 Å². The lowest BCUT2D eigenvalue weighted by Gasteiger charge is -2.27. The number of nitrogens with zero attached hydrogens (tertiary/aromatic N) is 1. The van der Waals surface area contributed by atoms with E-state index in [1.165, 1.54) is 5.56 Å². The maximum atomic E-state index is 12.6. The molecular weight excluding hydrogens is 310 g/mol. The zero-order valence-corrected chi connectivity index (χ0v) is 16.0. The number of carbonyl (C=O) groups is 1. The fraction of sp³-hybridized carbons (Fsp3) is 0.545. The van der Waals surface area contributed by atoms with Crippen molar-refractivity contribution in [2.45, 2.75) is 71.8 Å². The van der Waals surface area contributed by atoms with Crippen molar-refractivity contribution in [1.29, 1.82) is 5.26 Å². The van der Waals surface area contributed by atoms with Crippen LogP contribution in [-0.4, -0.2) is 11.6 Å². The van der Waals surface area contributed by atoms with E-state index in [0.29, 0.717) is 6.42 Å². The highest BCUT2D eigenvalue weighted by Gasteiger charge is 2.39. The summed E-state index contributed by atoms with van der Waals surface area (Å²) in [6.45, 7) is 7.55. The topological polar surface area (TPSA) is 50.1 Å². The van der Waals surface area contributed by atoms with E-state index in [0.717, 1.165) is 32.1 Å². The minimum absolute atomic E-state index is 0.435. The van der Waals surface area contributed by atoms with Crippen LogP contribution in [-0.2, 0) is 16.0 Å². The van der Waals surface area contributed by atoms with E-state index in [-0.39, 0.29) is 0 Å². The van der Waals surface area contributed by atoms with Crippen molar-refractivity contribution in [2.75, 3.05) is 0 Å². The molecule has 1 rings (SSSR count). The molecule has 25 heavy (non-hydrogen) atoms. The number of esters is 1. The average Bonchev–Trinajstić information content (AvgIpc) is 2.57. The number of rotatable bonds is 9. The van der Waals surface area contributed by atoms with E-state index in [1.807, 2.05) is 45.0 Å². The SMILES string of the molecule is CCCC[C@@](C#N)(/C=C/CCCc1ccccc1)C(=O)OC(C)(C)C. The molecule has 0 spiro atoms. The number of unbranched alkanes of at least 4 members (excludes halogenated alkanes) is 2. The first-order valence-electron chi connectivity index (χ1n) is 9.19. The van der Waals surface area contributed by atoms with E-state index in [2.05, 4.69) is 25.1 Å². The third-order valence-electron chi connectivity index (χ3n) is 3.97. The van der Waals surface area contributed by atoms with Gasteiger partial charge in [0.25, 0.3) is 0 Å². The van der Waals surface area contributed by atoms with Gasteiger partial charge in [-0.3, -0.25) is 0 Å². The van der Waals surface area contributed by atoms with Gasteiger partial charge in [-0.15, -0.1) is 0 Å². The molecule has 1 aromatic rings. The molecule has 1 atom stereocenters. The third-order valence-corrected chi connectivity index (χ3v) is 3.97. The van der Waals surface area contributed by atoms with Crippen LogP contribution in [0.15, 0.2) is 42.5 Å². The summed E-state index contributed by atoms with van der Waals surface area (Å²) in [5.74, 6) is -0.435. The summed E-state index contributed by atoms with van der Waals surface area (Å²) in [5.41, 5.74) is -0.455. The second kappa shape index (κ2) is 10.0. The molecule has 0 aromatic heterocycles. The largest absolute Gasteiger partial charge is 0.459 e. The molecule has 3 heteroatoms. The Labute approximate surface area is 152 Å². The highest BCUT2D eigenvalue weighted by atomic mass is 16.6. The maximum Gasteiger partial charge on any atom is 0.330 e. The molecule has 0 aliphatic carbocycles. The minimum atomic E-state index is -1.17. The molecule has 3 nitrogen and oxygen atoms in total. The monoisotopic (exact) mass is 341 g/mol. The first-order valence-corrected chi connectivity index (χ1v) is 9.19. The molecule has 0 aliphatic rings. The lowest BCUT2D eigenvalue weighted by Crippen LogP contribution is -2.35. The Morgan fingerprint density at radius 3 is 2.44 bits per heavy atom. The van der Waals surface area contributed by atoms with Gasteiger partial charge in [0.1, 0.15) is 5.60 Å². The van der Waals surface area contributed by atoms with Crippen molar-refractivity contribution < 1.29 is 9.53 Å². The number of carbonyl (C=O) groups excluding carboxylic acids is 1. The number of hydrogen-bond donors (Lipinski definition) is 0. The Bertz CT molecular complexity index is 593. The molecule has 136 valence electrons. The van der Waals surface area contributed by atoms with Crippen LogP contribution in [0.5, 0.6) is 0 Å². The average molecular weight is 341 g/mol. The van der Waals surface area contributed by atoms with Gasteiger partial charge in [0.15, 0.2) is 5.41 Å². The molecule has 0 heterocycles. The van der Waals surface area contributed by atoms with Crippen molar-refractivity contribution >= 4 is 5.97 Å². The lowest BCUT2D eigenvalue weighted by atomic mass is 9.83. The summed E-state index contributed by atoms with van der Waals surface area (Å²) in [5, 5.41) is 9.70.